The zero-order chi connectivity index (χ0) is 16.1. The topological polar surface area (TPSA) is 46.6 Å². The van der Waals surface area contributed by atoms with Crippen LogP contribution in [0.15, 0.2) is 40.6 Å². The van der Waals surface area contributed by atoms with E-state index in [1.807, 2.05) is 36.6 Å². The van der Waals surface area contributed by atoms with E-state index >= 15 is 0 Å². The lowest BCUT2D eigenvalue weighted by Gasteiger charge is -2.17. The molecule has 0 aliphatic heterocycles. The van der Waals surface area contributed by atoms with Crippen molar-refractivity contribution in [3.8, 4) is 0 Å². The third-order valence-corrected chi connectivity index (χ3v) is 5.36. The van der Waals surface area contributed by atoms with Crippen LogP contribution in [0.3, 0.4) is 0 Å². The molecule has 0 saturated heterocycles. The quantitative estimate of drug-likeness (QED) is 0.619. The van der Waals surface area contributed by atoms with E-state index < -0.39 is 5.97 Å². The molecule has 0 spiro atoms. The van der Waals surface area contributed by atoms with Crippen LogP contribution in [0, 0.1) is 0 Å². The van der Waals surface area contributed by atoms with Gasteiger partial charge in [-0.05, 0) is 17.9 Å². The van der Waals surface area contributed by atoms with Crippen LogP contribution in [0.25, 0.3) is 0 Å². The number of ether oxygens (including phenoxy) is 1. The maximum absolute atomic E-state index is 12.6. The van der Waals surface area contributed by atoms with E-state index in [9.17, 15) is 9.59 Å². The molecule has 6 heteroatoms. The second-order valence-corrected chi connectivity index (χ2v) is 6.78. The Labute approximate surface area is 138 Å². The van der Waals surface area contributed by atoms with Crippen molar-refractivity contribution < 1.29 is 14.3 Å². The Kier molecular flexibility index (Phi) is 5.63. The SMILES string of the molecule is COC(=O)c1cc(C(=O)N(C)Cc2ccccc2)c(SC)s1. The van der Waals surface area contributed by atoms with Crippen molar-refractivity contribution in [2.75, 3.05) is 20.4 Å². The fraction of sp³-hybridized carbons (Fsp3) is 0.250. The van der Waals surface area contributed by atoms with Gasteiger partial charge in [-0.15, -0.1) is 23.1 Å². The van der Waals surface area contributed by atoms with Crippen molar-refractivity contribution in [1.29, 1.82) is 0 Å². The Hall–Kier alpha value is -1.79. The van der Waals surface area contributed by atoms with Gasteiger partial charge in [0.1, 0.15) is 4.88 Å². The van der Waals surface area contributed by atoms with Gasteiger partial charge in [0.05, 0.1) is 16.9 Å². The van der Waals surface area contributed by atoms with Gasteiger partial charge < -0.3 is 9.64 Å². The molecule has 2 aromatic rings. The smallest absolute Gasteiger partial charge is 0.348 e. The highest BCUT2D eigenvalue weighted by atomic mass is 32.2. The van der Waals surface area contributed by atoms with E-state index in [0.29, 0.717) is 17.0 Å². The van der Waals surface area contributed by atoms with Crippen molar-refractivity contribution in [1.82, 2.24) is 4.90 Å². The molecule has 1 heterocycles. The van der Waals surface area contributed by atoms with Gasteiger partial charge in [0.2, 0.25) is 0 Å². The van der Waals surface area contributed by atoms with E-state index in [-0.39, 0.29) is 5.91 Å². The molecule has 2 rings (SSSR count). The molecule has 0 unspecified atom stereocenters. The van der Waals surface area contributed by atoms with Crippen LogP contribution in [-0.4, -0.2) is 37.2 Å². The first-order chi connectivity index (χ1) is 10.6. The molecule has 22 heavy (non-hydrogen) atoms. The number of nitrogens with zero attached hydrogens (tertiary/aromatic N) is 1. The summed E-state index contributed by atoms with van der Waals surface area (Å²) in [5, 5.41) is 0. The number of benzene rings is 1. The first-order valence-electron chi connectivity index (χ1n) is 6.62. The highest BCUT2D eigenvalue weighted by Crippen LogP contribution is 2.32. The molecule has 116 valence electrons. The summed E-state index contributed by atoms with van der Waals surface area (Å²) in [7, 11) is 3.10. The summed E-state index contributed by atoms with van der Waals surface area (Å²) in [6.45, 7) is 0.525. The molecule has 0 aliphatic carbocycles. The monoisotopic (exact) mass is 335 g/mol. The zero-order valence-corrected chi connectivity index (χ0v) is 14.3. The predicted molar refractivity (Wildman–Crippen MR) is 89.7 cm³/mol. The molecule has 1 aromatic carbocycles. The van der Waals surface area contributed by atoms with Crippen molar-refractivity contribution in [3.05, 3.63) is 52.4 Å². The van der Waals surface area contributed by atoms with Gasteiger partial charge in [-0.3, -0.25) is 4.79 Å². The number of hydrogen-bond acceptors (Lipinski definition) is 5. The van der Waals surface area contributed by atoms with Gasteiger partial charge in [0.25, 0.3) is 5.91 Å². The van der Waals surface area contributed by atoms with E-state index in [1.165, 1.54) is 30.2 Å². The Balaban J connectivity index is 2.21. The minimum Gasteiger partial charge on any atom is -0.465 e. The largest absolute Gasteiger partial charge is 0.465 e. The second kappa shape index (κ2) is 7.47. The van der Waals surface area contributed by atoms with E-state index in [4.69, 9.17) is 4.74 Å². The summed E-state index contributed by atoms with van der Waals surface area (Å²) in [6, 6.07) is 11.4. The second-order valence-electron chi connectivity index (χ2n) is 4.65. The van der Waals surface area contributed by atoms with Crippen LogP contribution in [0.2, 0.25) is 0 Å². The minimum atomic E-state index is -0.412. The number of esters is 1. The Bertz CT molecular complexity index is 667. The van der Waals surface area contributed by atoms with Crippen LogP contribution in [0.1, 0.15) is 25.6 Å². The Morgan fingerprint density at radius 3 is 2.55 bits per heavy atom. The van der Waals surface area contributed by atoms with Crippen molar-refractivity contribution in [2.24, 2.45) is 0 Å². The molecule has 0 atom stereocenters. The molecule has 0 bridgehead atoms. The molecule has 0 N–H and O–H groups in total. The highest BCUT2D eigenvalue weighted by Gasteiger charge is 2.22. The molecule has 0 saturated carbocycles. The lowest BCUT2D eigenvalue weighted by molar-refractivity contribution is 0.0606. The van der Waals surface area contributed by atoms with Crippen molar-refractivity contribution >= 4 is 35.0 Å². The minimum absolute atomic E-state index is 0.0976. The fourth-order valence-electron chi connectivity index (χ4n) is 2.01. The first kappa shape index (κ1) is 16.6. The van der Waals surface area contributed by atoms with Crippen LogP contribution < -0.4 is 0 Å². The molecular weight excluding hydrogens is 318 g/mol. The average molecular weight is 335 g/mol. The van der Waals surface area contributed by atoms with Crippen LogP contribution in [0.4, 0.5) is 0 Å². The van der Waals surface area contributed by atoms with E-state index in [0.717, 1.165) is 9.77 Å². The molecule has 4 nitrogen and oxygen atoms in total. The maximum Gasteiger partial charge on any atom is 0.348 e. The molecule has 0 fully saturated rings. The van der Waals surface area contributed by atoms with Gasteiger partial charge >= 0.3 is 5.97 Å². The van der Waals surface area contributed by atoms with Gasteiger partial charge in [-0.25, -0.2) is 4.79 Å². The standard InChI is InChI=1S/C16H17NO3S2/c1-17(10-11-7-5-4-6-8-11)14(18)12-9-13(15(19)20-2)22-16(12)21-3/h4-9H,10H2,1-3H3. The summed E-state index contributed by atoms with van der Waals surface area (Å²) in [5.74, 6) is -0.510. The molecular formula is C16H17NO3S2. The fourth-order valence-corrected chi connectivity index (χ4v) is 3.78. The number of methoxy groups -OCH3 is 1. The third-order valence-electron chi connectivity index (χ3n) is 3.11. The van der Waals surface area contributed by atoms with Crippen molar-refractivity contribution in [2.45, 2.75) is 10.8 Å². The van der Waals surface area contributed by atoms with Gasteiger partial charge in [0.15, 0.2) is 0 Å². The van der Waals surface area contributed by atoms with E-state index in [1.54, 1.807) is 18.0 Å². The molecule has 0 aliphatic rings. The number of amides is 1. The summed E-state index contributed by atoms with van der Waals surface area (Å²) in [5.41, 5.74) is 1.61. The van der Waals surface area contributed by atoms with Gasteiger partial charge in [-0.2, -0.15) is 0 Å². The summed E-state index contributed by atoms with van der Waals surface area (Å²) >= 11 is 2.74. The van der Waals surface area contributed by atoms with Crippen LogP contribution in [0.5, 0.6) is 0 Å². The maximum atomic E-state index is 12.6. The Morgan fingerprint density at radius 2 is 1.95 bits per heavy atom. The highest BCUT2D eigenvalue weighted by molar-refractivity contribution is 8.00. The van der Waals surface area contributed by atoms with Crippen molar-refractivity contribution in [3.63, 3.8) is 0 Å². The summed E-state index contributed by atoms with van der Waals surface area (Å²) in [6.07, 6.45) is 1.89. The Morgan fingerprint density at radius 1 is 1.27 bits per heavy atom. The number of thioether (sulfide) groups is 1. The zero-order valence-electron chi connectivity index (χ0n) is 12.7. The normalized spacial score (nSPS) is 10.3. The summed E-state index contributed by atoms with van der Waals surface area (Å²) < 4.78 is 5.55. The number of carbonyl (C=O) groups is 2. The van der Waals surface area contributed by atoms with E-state index in [2.05, 4.69) is 0 Å². The predicted octanol–water partition coefficient (Wildman–Crippen LogP) is 3.53. The summed E-state index contributed by atoms with van der Waals surface area (Å²) in [4.78, 5) is 26.4. The van der Waals surface area contributed by atoms with Gasteiger partial charge in [0, 0.05) is 13.6 Å². The lowest BCUT2D eigenvalue weighted by Crippen LogP contribution is -2.26. The number of thiophene rings is 1. The third kappa shape index (κ3) is 3.69. The lowest BCUT2D eigenvalue weighted by atomic mass is 10.2. The molecule has 1 aromatic heterocycles. The molecule has 1 amide bonds. The average Bonchev–Trinajstić information content (AvgIpc) is 2.98. The number of carbonyl (C=O) groups excluding carboxylic acids is 2. The van der Waals surface area contributed by atoms with Crippen LogP contribution in [-0.2, 0) is 11.3 Å². The number of hydrogen-bond donors (Lipinski definition) is 0. The number of rotatable bonds is 5. The van der Waals surface area contributed by atoms with Crippen LogP contribution >= 0.6 is 23.1 Å². The first-order valence-corrected chi connectivity index (χ1v) is 8.66. The van der Waals surface area contributed by atoms with Gasteiger partial charge in [-0.1, -0.05) is 30.3 Å². The molecule has 0 radical (unpaired) electrons.